The van der Waals surface area contributed by atoms with Crippen molar-refractivity contribution >= 4 is 17.7 Å². The quantitative estimate of drug-likeness (QED) is 0.574. The molecular weight excluding hydrogens is 234 g/mol. The minimum atomic E-state index is -0.374. The van der Waals surface area contributed by atoms with Gasteiger partial charge in [0.15, 0.2) is 0 Å². The summed E-state index contributed by atoms with van der Waals surface area (Å²) in [5.74, 6) is 0. The SMILES string of the molecule is Cc1cc(Cl)cc(C2(N=C=O)CCCC2)c1C. The number of rotatable bonds is 2. The normalized spacial score (nSPS) is 17.8. The molecule has 0 amide bonds. The lowest BCUT2D eigenvalue weighted by molar-refractivity contribution is 0.453. The first kappa shape index (κ1) is 12.3. The Hall–Kier alpha value is -1.11. The molecule has 0 N–H and O–H groups in total. The van der Waals surface area contributed by atoms with Gasteiger partial charge in [0.25, 0.3) is 0 Å². The first-order chi connectivity index (χ1) is 8.09. The van der Waals surface area contributed by atoms with Crippen LogP contribution in [0, 0.1) is 13.8 Å². The maximum atomic E-state index is 10.7. The number of halogens is 1. The number of hydrogen-bond donors (Lipinski definition) is 0. The molecule has 2 nitrogen and oxygen atoms in total. The molecule has 3 heteroatoms. The van der Waals surface area contributed by atoms with E-state index >= 15 is 0 Å². The third kappa shape index (κ3) is 2.15. The van der Waals surface area contributed by atoms with Gasteiger partial charge in [0, 0.05) is 5.02 Å². The van der Waals surface area contributed by atoms with Crippen molar-refractivity contribution in [1.29, 1.82) is 0 Å². The van der Waals surface area contributed by atoms with Gasteiger partial charge in [-0.15, -0.1) is 0 Å². The van der Waals surface area contributed by atoms with Crippen LogP contribution in [0.4, 0.5) is 0 Å². The van der Waals surface area contributed by atoms with Gasteiger partial charge in [-0.25, -0.2) is 4.79 Å². The van der Waals surface area contributed by atoms with Crippen LogP contribution >= 0.6 is 11.6 Å². The number of nitrogens with zero attached hydrogens (tertiary/aromatic N) is 1. The van der Waals surface area contributed by atoms with Gasteiger partial charge in [-0.2, -0.15) is 4.99 Å². The van der Waals surface area contributed by atoms with Crippen molar-refractivity contribution in [1.82, 2.24) is 0 Å². The number of carbonyl (C=O) groups excluding carboxylic acids is 1. The fourth-order valence-electron chi connectivity index (χ4n) is 2.79. The molecular formula is C14H16ClNO. The molecule has 2 rings (SSSR count). The highest BCUT2D eigenvalue weighted by Gasteiger charge is 2.37. The number of hydrogen-bond acceptors (Lipinski definition) is 2. The van der Waals surface area contributed by atoms with Crippen molar-refractivity contribution in [2.45, 2.75) is 45.1 Å². The molecule has 0 atom stereocenters. The van der Waals surface area contributed by atoms with E-state index in [-0.39, 0.29) is 5.54 Å². The van der Waals surface area contributed by atoms with Crippen LogP contribution in [0.2, 0.25) is 5.02 Å². The molecule has 0 bridgehead atoms. The van der Waals surface area contributed by atoms with E-state index in [1.165, 1.54) is 5.56 Å². The fourth-order valence-corrected chi connectivity index (χ4v) is 3.06. The molecule has 1 aromatic carbocycles. The zero-order chi connectivity index (χ0) is 12.5. The third-order valence-electron chi connectivity index (χ3n) is 3.82. The molecule has 17 heavy (non-hydrogen) atoms. The number of aryl methyl sites for hydroxylation is 1. The predicted molar refractivity (Wildman–Crippen MR) is 69.2 cm³/mol. The van der Waals surface area contributed by atoms with E-state index in [0.29, 0.717) is 0 Å². The largest absolute Gasteiger partial charge is 0.235 e. The Balaban J connectivity index is 2.61. The van der Waals surface area contributed by atoms with Gasteiger partial charge in [-0.3, -0.25) is 0 Å². The maximum Gasteiger partial charge on any atom is 0.235 e. The Kier molecular flexibility index (Phi) is 3.37. The van der Waals surface area contributed by atoms with Crippen molar-refractivity contribution in [2.24, 2.45) is 4.99 Å². The Labute approximate surface area is 107 Å². The lowest BCUT2D eigenvalue weighted by Crippen LogP contribution is -2.20. The molecule has 90 valence electrons. The van der Waals surface area contributed by atoms with Crippen molar-refractivity contribution in [3.05, 3.63) is 33.8 Å². The van der Waals surface area contributed by atoms with Crippen molar-refractivity contribution < 1.29 is 4.79 Å². The average molecular weight is 250 g/mol. The summed E-state index contributed by atoms with van der Waals surface area (Å²) in [6.07, 6.45) is 5.80. The van der Waals surface area contributed by atoms with E-state index in [0.717, 1.165) is 41.8 Å². The summed E-state index contributed by atoms with van der Waals surface area (Å²) in [6, 6.07) is 3.91. The molecule has 1 aliphatic carbocycles. The molecule has 0 aliphatic heterocycles. The first-order valence-electron chi connectivity index (χ1n) is 5.95. The molecule has 0 heterocycles. The van der Waals surface area contributed by atoms with Gasteiger partial charge in [-0.1, -0.05) is 24.4 Å². The summed E-state index contributed by atoms with van der Waals surface area (Å²) < 4.78 is 0. The summed E-state index contributed by atoms with van der Waals surface area (Å²) in [5, 5.41) is 0.718. The highest BCUT2D eigenvalue weighted by molar-refractivity contribution is 6.30. The molecule has 0 saturated heterocycles. The Morgan fingerprint density at radius 2 is 1.94 bits per heavy atom. The molecule has 0 unspecified atom stereocenters. The monoisotopic (exact) mass is 249 g/mol. The maximum absolute atomic E-state index is 10.7. The van der Waals surface area contributed by atoms with Crippen molar-refractivity contribution in [3.63, 3.8) is 0 Å². The Bertz CT molecular complexity index is 483. The summed E-state index contributed by atoms with van der Waals surface area (Å²) in [7, 11) is 0. The van der Waals surface area contributed by atoms with Crippen LogP contribution in [-0.2, 0) is 10.3 Å². The van der Waals surface area contributed by atoms with E-state index in [4.69, 9.17) is 11.6 Å². The minimum absolute atomic E-state index is 0.374. The van der Waals surface area contributed by atoms with Crippen LogP contribution in [0.25, 0.3) is 0 Å². The van der Waals surface area contributed by atoms with E-state index in [2.05, 4.69) is 11.9 Å². The molecule has 1 aromatic rings. The van der Waals surface area contributed by atoms with Crippen LogP contribution < -0.4 is 0 Å². The van der Waals surface area contributed by atoms with Crippen molar-refractivity contribution in [3.8, 4) is 0 Å². The first-order valence-corrected chi connectivity index (χ1v) is 6.33. The molecule has 1 saturated carbocycles. The van der Waals surface area contributed by atoms with Gasteiger partial charge in [0.2, 0.25) is 6.08 Å². The van der Waals surface area contributed by atoms with Gasteiger partial charge < -0.3 is 0 Å². The minimum Gasteiger partial charge on any atom is -0.211 e. The lowest BCUT2D eigenvalue weighted by Gasteiger charge is -2.26. The van der Waals surface area contributed by atoms with Gasteiger partial charge >= 0.3 is 0 Å². The highest BCUT2D eigenvalue weighted by Crippen LogP contribution is 2.44. The number of isocyanates is 1. The third-order valence-corrected chi connectivity index (χ3v) is 4.04. The van der Waals surface area contributed by atoms with E-state index in [9.17, 15) is 4.79 Å². The number of benzene rings is 1. The summed E-state index contributed by atoms with van der Waals surface area (Å²) in [4.78, 5) is 14.8. The van der Waals surface area contributed by atoms with Gasteiger partial charge in [-0.05, 0) is 55.5 Å². The Morgan fingerprint density at radius 1 is 1.29 bits per heavy atom. The van der Waals surface area contributed by atoms with Crippen LogP contribution in [0.15, 0.2) is 17.1 Å². The van der Waals surface area contributed by atoms with Crippen LogP contribution in [-0.4, -0.2) is 6.08 Å². The van der Waals surface area contributed by atoms with E-state index in [1.54, 1.807) is 6.08 Å². The second-order valence-corrected chi connectivity index (χ2v) is 5.27. The van der Waals surface area contributed by atoms with Crippen molar-refractivity contribution in [2.75, 3.05) is 0 Å². The molecule has 0 radical (unpaired) electrons. The van der Waals surface area contributed by atoms with E-state index in [1.807, 2.05) is 19.1 Å². The fraction of sp³-hybridized carbons (Fsp3) is 0.500. The van der Waals surface area contributed by atoms with E-state index < -0.39 is 0 Å². The van der Waals surface area contributed by atoms with Crippen LogP contribution in [0.1, 0.15) is 42.4 Å². The molecule has 0 spiro atoms. The zero-order valence-electron chi connectivity index (χ0n) is 10.2. The second kappa shape index (κ2) is 4.64. The average Bonchev–Trinajstić information content (AvgIpc) is 2.73. The molecule has 1 aliphatic rings. The highest BCUT2D eigenvalue weighted by atomic mass is 35.5. The molecule has 1 fully saturated rings. The standard InChI is InChI=1S/C14H16ClNO/c1-10-7-12(15)8-13(11(10)2)14(16-9-17)5-3-4-6-14/h7-8H,3-6H2,1-2H3. The molecule has 0 aromatic heterocycles. The summed E-state index contributed by atoms with van der Waals surface area (Å²) in [5.41, 5.74) is 3.07. The summed E-state index contributed by atoms with van der Waals surface area (Å²) >= 11 is 6.12. The van der Waals surface area contributed by atoms with Gasteiger partial charge in [0.1, 0.15) is 0 Å². The second-order valence-electron chi connectivity index (χ2n) is 4.84. The van der Waals surface area contributed by atoms with Crippen LogP contribution in [0.5, 0.6) is 0 Å². The predicted octanol–water partition coefficient (Wildman–Crippen LogP) is 4.06. The Morgan fingerprint density at radius 3 is 2.53 bits per heavy atom. The summed E-state index contributed by atoms with van der Waals surface area (Å²) in [6.45, 7) is 4.11. The van der Waals surface area contributed by atoms with Crippen LogP contribution in [0.3, 0.4) is 0 Å². The lowest BCUT2D eigenvalue weighted by atomic mass is 9.84. The van der Waals surface area contributed by atoms with Gasteiger partial charge in [0.05, 0.1) is 5.54 Å². The topological polar surface area (TPSA) is 29.4 Å². The number of aliphatic imine (C=N–C) groups is 1. The smallest absolute Gasteiger partial charge is 0.211 e. The zero-order valence-corrected chi connectivity index (χ0v) is 11.0.